The van der Waals surface area contributed by atoms with E-state index < -0.39 is 0 Å². The molecule has 2 aromatic rings. The SMILES string of the molecule is Nc1nnc(-c2cccc(Cl)c2Br)c(N)n1. The summed E-state index contributed by atoms with van der Waals surface area (Å²) in [5.41, 5.74) is 12.3. The van der Waals surface area contributed by atoms with Gasteiger partial charge in [-0.05, 0) is 22.0 Å². The highest BCUT2D eigenvalue weighted by Gasteiger charge is 2.12. The molecule has 0 atom stereocenters. The molecule has 0 spiro atoms. The molecule has 0 fully saturated rings. The zero-order valence-corrected chi connectivity index (χ0v) is 10.3. The van der Waals surface area contributed by atoms with Crippen molar-refractivity contribution >= 4 is 39.3 Å². The number of hydrogen-bond acceptors (Lipinski definition) is 5. The maximum atomic E-state index is 5.97. The van der Waals surface area contributed by atoms with Gasteiger partial charge in [0.1, 0.15) is 5.69 Å². The summed E-state index contributed by atoms with van der Waals surface area (Å²) in [7, 11) is 0. The van der Waals surface area contributed by atoms with Gasteiger partial charge in [-0.15, -0.1) is 10.2 Å². The van der Waals surface area contributed by atoms with Crippen LogP contribution in [0.1, 0.15) is 0 Å². The summed E-state index contributed by atoms with van der Waals surface area (Å²) in [5, 5.41) is 8.12. The summed E-state index contributed by atoms with van der Waals surface area (Å²) >= 11 is 9.32. The molecule has 1 aromatic heterocycles. The first-order valence-electron chi connectivity index (χ1n) is 4.29. The molecule has 0 aliphatic carbocycles. The van der Waals surface area contributed by atoms with Gasteiger partial charge in [0.15, 0.2) is 5.82 Å². The van der Waals surface area contributed by atoms with Gasteiger partial charge in [0, 0.05) is 10.0 Å². The summed E-state index contributed by atoms with van der Waals surface area (Å²) in [6, 6.07) is 5.36. The molecule has 0 saturated heterocycles. The first-order chi connectivity index (χ1) is 7.59. The Hall–Kier alpha value is -1.40. The first kappa shape index (κ1) is 11.1. The molecule has 82 valence electrons. The van der Waals surface area contributed by atoms with Gasteiger partial charge in [0.25, 0.3) is 0 Å². The monoisotopic (exact) mass is 299 g/mol. The van der Waals surface area contributed by atoms with E-state index in [1.165, 1.54) is 0 Å². The molecule has 1 aromatic carbocycles. The Kier molecular flexibility index (Phi) is 2.93. The van der Waals surface area contributed by atoms with Gasteiger partial charge in [0.2, 0.25) is 5.95 Å². The molecular weight excluding hydrogens is 293 g/mol. The molecule has 0 aliphatic rings. The second-order valence-corrected chi connectivity index (χ2v) is 4.21. The first-order valence-corrected chi connectivity index (χ1v) is 5.46. The molecule has 16 heavy (non-hydrogen) atoms. The molecule has 0 radical (unpaired) electrons. The van der Waals surface area contributed by atoms with Crippen molar-refractivity contribution in [1.82, 2.24) is 15.2 Å². The Morgan fingerprint density at radius 1 is 1.19 bits per heavy atom. The van der Waals surface area contributed by atoms with Crippen LogP contribution in [0.3, 0.4) is 0 Å². The van der Waals surface area contributed by atoms with Gasteiger partial charge >= 0.3 is 0 Å². The number of halogens is 2. The fourth-order valence-electron chi connectivity index (χ4n) is 1.23. The third-order valence-electron chi connectivity index (χ3n) is 1.94. The summed E-state index contributed by atoms with van der Waals surface area (Å²) < 4.78 is 0.698. The summed E-state index contributed by atoms with van der Waals surface area (Å²) in [6.07, 6.45) is 0. The van der Waals surface area contributed by atoms with Gasteiger partial charge in [-0.1, -0.05) is 23.7 Å². The van der Waals surface area contributed by atoms with Crippen LogP contribution in [0.25, 0.3) is 11.3 Å². The number of rotatable bonds is 1. The fraction of sp³-hybridized carbons (Fsp3) is 0. The van der Waals surface area contributed by atoms with Crippen LogP contribution in [0, 0.1) is 0 Å². The van der Waals surface area contributed by atoms with Crippen molar-refractivity contribution in [2.45, 2.75) is 0 Å². The van der Waals surface area contributed by atoms with Crippen molar-refractivity contribution in [1.29, 1.82) is 0 Å². The third kappa shape index (κ3) is 1.94. The number of aromatic nitrogens is 3. The van der Waals surface area contributed by atoms with Crippen LogP contribution in [0.5, 0.6) is 0 Å². The minimum atomic E-state index is 0.0411. The van der Waals surface area contributed by atoms with Crippen molar-refractivity contribution in [3.63, 3.8) is 0 Å². The molecule has 5 nitrogen and oxygen atoms in total. The van der Waals surface area contributed by atoms with Crippen LogP contribution >= 0.6 is 27.5 Å². The standard InChI is InChI=1S/C9H7BrClN5/c10-6-4(2-1-3-5(6)11)7-8(12)14-9(13)16-15-7/h1-3H,(H4,12,13,14,16). The topological polar surface area (TPSA) is 90.7 Å². The number of nitrogen functional groups attached to an aromatic ring is 2. The van der Waals surface area contributed by atoms with E-state index >= 15 is 0 Å². The summed E-state index contributed by atoms with van der Waals surface area (Å²) in [5.74, 6) is 0.259. The van der Waals surface area contributed by atoms with E-state index in [0.717, 1.165) is 5.56 Å². The smallest absolute Gasteiger partial charge is 0.242 e. The molecule has 0 unspecified atom stereocenters. The fourth-order valence-corrected chi connectivity index (χ4v) is 1.86. The summed E-state index contributed by atoms with van der Waals surface area (Å²) in [6.45, 7) is 0. The maximum Gasteiger partial charge on any atom is 0.242 e. The Morgan fingerprint density at radius 2 is 1.94 bits per heavy atom. The van der Waals surface area contributed by atoms with Gasteiger partial charge in [-0.25, -0.2) is 0 Å². The number of hydrogen-bond donors (Lipinski definition) is 2. The zero-order valence-electron chi connectivity index (χ0n) is 7.98. The second kappa shape index (κ2) is 4.23. The third-order valence-corrected chi connectivity index (χ3v) is 3.33. The van der Waals surface area contributed by atoms with E-state index in [-0.39, 0.29) is 11.8 Å². The Morgan fingerprint density at radius 3 is 2.62 bits per heavy atom. The molecule has 4 N–H and O–H groups in total. The lowest BCUT2D eigenvalue weighted by atomic mass is 10.1. The van der Waals surface area contributed by atoms with Gasteiger partial charge in [-0.3, -0.25) is 0 Å². The van der Waals surface area contributed by atoms with Crippen LogP contribution in [0.2, 0.25) is 5.02 Å². The molecule has 2 rings (SSSR count). The van der Waals surface area contributed by atoms with E-state index in [2.05, 4.69) is 31.1 Å². The van der Waals surface area contributed by atoms with Gasteiger partial charge in [0.05, 0.1) is 5.02 Å². The van der Waals surface area contributed by atoms with Crippen LogP contribution in [0.4, 0.5) is 11.8 Å². The molecule has 7 heteroatoms. The predicted molar refractivity (Wildman–Crippen MR) is 66.8 cm³/mol. The van der Waals surface area contributed by atoms with Crippen molar-refractivity contribution in [2.75, 3.05) is 11.5 Å². The van der Waals surface area contributed by atoms with Crippen LogP contribution in [-0.4, -0.2) is 15.2 Å². The Labute approximate surface area is 105 Å². The lowest BCUT2D eigenvalue weighted by Gasteiger charge is -2.06. The predicted octanol–water partition coefficient (Wildman–Crippen LogP) is 2.12. The van der Waals surface area contributed by atoms with Crippen LogP contribution < -0.4 is 11.5 Å². The van der Waals surface area contributed by atoms with E-state index in [1.807, 2.05) is 6.07 Å². The lowest BCUT2D eigenvalue weighted by molar-refractivity contribution is 0.999. The van der Waals surface area contributed by atoms with Crippen molar-refractivity contribution in [3.8, 4) is 11.3 Å². The minimum absolute atomic E-state index is 0.0411. The van der Waals surface area contributed by atoms with Gasteiger partial charge in [-0.2, -0.15) is 4.98 Å². The number of nitrogens with zero attached hydrogens (tertiary/aromatic N) is 3. The number of nitrogens with two attached hydrogens (primary N) is 2. The van der Waals surface area contributed by atoms with Gasteiger partial charge < -0.3 is 11.5 Å². The van der Waals surface area contributed by atoms with Crippen molar-refractivity contribution in [2.24, 2.45) is 0 Å². The molecule has 0 aliphatic heterocycles. The van der Waals surface area contributed by atoms with Crippen molar-refractivity contribution < 1.29 is 0 Å². The molecule has 0 saturated carbocycles. The zero-order chi connectivity index (χ0) is 11.7. The van der Waals surface area contributed by atoms with Crippen LogP contribution in [0.15, 0.2) is 22.7 Å². The van der Waals surface area contributed by atoms with Crippen molar-refractivity contribution in [3.05, 3.63) is 27.7 Å². The minimum Gasteiger partial charge on any atom is -0.382 e. The average molecular weight is 301 g/mol. The molecule has 1 heterocycles. The average Bonchev–Trinajstić information content (AvgIpc) is 2.23. The maximum absolute atomic E-state index is 5.97. The Bertz CT molecular complexity index is 545. The lowest BCUT2D eigenvalue weighted by Crippen LogP contribution is -2.04. The second-order valence-electron chi connectivity index (χ2n) is 3.01. The van der Waals surface area contributed by atoms with E-state index in [9.17, 15) is 0 Å². The molecular formula is C9H7BrClN5. The molecule has 0 bridgehead atoms. The van der Waals surface area contributed by atoms with E-state index in [0.29, 0.717) is 15.2 Å². The molecule has 0 amide bonds. The Balaban J connectivity index is 2.63. The normalized spacial score (nSPS) is 10.4. The number of benzene rings is 1. The largest absolute Gasteiger partial charge is 0.382 e. The van der Waals surface area contributed by atoms with Crippen LogP contribution in [-0.2, 0) is 0 Å². The van der Waals surface area contributed by atoms with E-state index in [1.54, 1.807) is 12.1 Å². The highest BCUT2D eigenvalue weighted by atomic mass is 79.9. The highest BCUT2D eigenvalue weighted by Crippen LogP contribution is 2.34. The summed E-state index contributed by atoms with van der Waals surface area (Å²) in [4.78, 5) is 3.84. The quantitative estimate of drug-likeness (QED) is 0.842. The van der Waals surface area contributed by atoms with E-state index in [4.69, 9.17) is 23.1 Å². The number of anilines is 2. The highest BCUT2D eigenvalue weighted by molar-refractivity contribution is 9.10.